The van der Waals surface area contributed by atoms with Crippen molar-refractivity contribution in [2.45, 2.75) is 27.2 Å². The maximum atomic E-state index is 5.48. The van der Waals surface area contributed by atoms with E-state index in [0.29, 0.717) is 11.6 Å². The first-order valence-electron chi connectivity index (χ1n) is 6.51. The molecule has 3 aromatic rings. The van der Waals surface area contributed by atoms with Gasteiger partial charge < -0.3 is 9.83 Å². The molecule has 0 aliphatic carbocycles. The molecule has 0 spiro atoms. The van der Waals surface area contributed by atoms with Crippen LogP contribution in [-0.2, 0) is 6.42 Å². The third-order valence-corrected chi connectivity index (χ3v) is 3.50. The van der Waals surface area contributed by atoms with E-state index in [1.165, 1.54) is 5.56 Å². The summed E-state index contributed by atoms with van der Waals surface area (Å²) in [4.78, 5) is 8.84. The molecule has 0 aliphatic heterocycles. The van der Waals surface area contributed by atoms with Gasteiger partial charge in [-0.25, -0.2) is 20.5 Å². The molecular formula is C13H17N7. The van der Waals surface area contributed by atoms with Crippen molar-refractivity contribution in [2.75, 3.05) is 5.43 Å². The normalized spacial score (nSPS) is 11.2. The van der Waals surface area contributed by atoms with Gasteiger partial charge in [0, 0.05) is 18.1 Å². The Kier molecular flexibility index (Phi) is 2.90. The molecule has 7 nitrogen and oxygen atoms in total. The van der Waals surface area contributed by atoms with Gasteiger partial charge in [-0.2, -0.15) is 5.10 Å². The number of hydrazine groups is 1. The fourth-order valence-electron chi connectivity index (χ4n) is 2.52. The van der Waals surface area contributed by atoms with Gasteiger partial charge in [-0.1, -0.05) is 6.92 Å². The number of imidazole rings is 1. The summed E-state index contributed by atoms with van der Waals surface area (Å²) in [6, 6.07) is 0. The third kappa shape index (κ3) is 1.75. The highest BCUT2D eigenvalue weighted by Gasteiger charge is 2.16. The number of nitrogens with one attached hydrogen (secondary N) is 1. The molecule has 3 heterocycles. The topological polar surface area (TPSA) is 86.1 Å². The lowest BCUT2D eigenvalue weighted by atomic mass is 10.1. The molecule has 20 heavy (non-hydrogen) atoms. The number of nitrogens with two attached hydrogens (primary N) is 1. The summed E-state index contributed by atoms with van der Waals surface area (Å²) < 4.78 is 3.71. The minimum Gasteiger partial charge on any atom is -0.307 e. The van der Waals surface area contributed by atoms with Gasteiger partial charge in [0.2, 0.25) is 0 Å². The van der Waals surface area contributed by atoms with Crippen LogP contribution in [0.4, 0.5) is 5.82 Å². The fraction of sp³-hybridized carbons (Fsp3) is 0.308. The second kappa shape index (κ2) is 4.61. The van der Waals surface area contributed by atoms with Crippen LogP contribution in [-0.4, -0.2) is 24.1 Å². The lowest BCUT2D eigenvalue weighted by Gasteiger charge is -2.08. The molecule has 0 aliphatic rings. The summed E-state index contributed by atoms with van der Waals surface area (Å²) in [5, 5.41) is 4.59. The zero-order chi connectivity index (χ0) is 14.3. The standard InChI is InChI=1S/C13H17N7/c1-4-10-8(2)18-20(9(10)3)13-12-15-5-6-19(12)7-11(16-13)17-14/h5-7,17H,4,14H2,1-3H3. The van der Waals surface area contributed by atoms with Gasteiger partial charge in [-0.3, -0.25) is 0 Å². The highest BCUT2D eigenvalue weighted by molar-refractivity contribution is 5.58. The molecule has 7 heteroatoms. The molecule has 0 fully saturated rings. The second-order valence-electron chi connectivity index (χ2n) is 4.67. The van der Waals surface area contributed by atoms with Gasteiger partial charge in [-0.05, 0) is 25.8 Å². The predicted octanol–water partition coefficient (Wildman–Crippen LogP) is 1.38. The molecule has 0 amide bonds. The summed E-state index contributed by atoms with van der Waals surface area (Å²) in [5.74, 6) is 6.72. The smallest absolute Gasteiger partial charge is 0.199 e. The molecule has 0 saturated carbocycles. The number of nitrogens with zero attached hydrogens (tertiary/aromatic N) is 5. The number of nitrogen functional groups attached to an aromatic ring is 1. The van der Waals surface area contributed by atoms with E-state index in [2.05, 4.69) is 27.4 Å². The summed E-state index contributed by atoms with van der Waals surface area (Å²) in [6.45, 7) is 6.18. The number of hydrogen-bond acceptors (Lipinski definition) is 5. The van der Waals surface area contributed by atoms with Crippen molar-refractivity contribution in [1.82, 2.24) is 24.1 Å². The van der Waals surface area contributed by atoms with Crippen molar-refractivity contribution in [3.05, 3.63) is 35.5 Å². The van der Waals surface area contributed by atoms with Gasteiger partial charge in [-0.15, -0.1) is 0 Å². The Balaban J connectivity index is 2.31. The summed E-state index contributed by atoms with van der Waals surface area (Å²) in [6.07, 6.45) is 6.32. The largest absolute Gasteiger partial charge is 0.307 e. The predicted molar refractivity (Wildman–Crippen MR) is 76.8 cm³/mol. The van der Waals surface area contributed by atoms with Crippen molar-refractivity contribution in [3.63, 3.8) is 0 Å². The Hall–Kier alpha value is -2.41. The summed E-state index contributed by atoms with van der Waals surface area (Å²) in [7, 11) is 0. The molecule has 3 aromatic heterocycles. The van der Waals surface area contributed by atoms with Crippen molar-refractivity contribution in [2.24, 2.45) is 5.84 Å². The van der Waals surface area contributed by atoms with Crippen molar-refractivity contribution >= 4 is 11.5 Å². The van der Waals surface area contributed by atoms with Crippen LogP contribution in [0.5, 0.6) is 0 Å². The molecule has 0 unspecified atom stereocenters. The van der Waals surface area contributed by atoms with E-state index in [9.17, 15) is 0 Å². The Morgan fingerprint density at radius 2 is 2.15 bits per heavy atom. The Morgan fingerprint density at radius 3 is 2.80 bits per heavy atom. The van der Waals surface area contributed by atoms with E-state index < -0.39 is 0 Å². The van der Waals surface area contributed by atoms with Crippen molar-refractivity contribution < 1.29 is 0 Å². The number of aromatic nitrogens is 5. The SMILES string of the molecule is CCc1c(C)nn(-c2nc(NN)cn3ccnc23)c1C. The van der Waals surface area contributed by atoms with E-state index >= 15 is 0 Å². The summed E-state index contributed by atoms with van der Waals surface area (Å²) >= 11 is 0. The molecule has 3 rings (SSSR count). The number of hydrogen-bond donors (Lipinski definition) is 2. The van der Waals surface area contributed by atoms with E-state index in [1.807, 2.05) is 29.1 Å². The van der Waals surface area contributed by atoms with Gasteiger partial charge in [0.25, 0.3) is 0 Å². The molecule has 0 bridgehead atoms. The van der Waals surface area contributed by atoms with E-state index in [4.69, 9.17) is 5.84 Å². The number of anilines is 1. The number of aryl methyl sites for hydroxylation is 1. The maximum absolute atomic E-state index is 5.48. The average molecular weight is 271 g/mol. The van der Waals surface area contributed by atoms with Gasteiger partial charge in [0.15, 0.2) is 17.3 Å². The number of fused-ring (bicyclic) bond motifs is 1. The molecule has 104 valence electrons. The van der Waals surface area contributed by atoms with Crippen molar-refractivity contribution in [1.29, 1.82) is 0 Å². The van der Waals surface area contributed by atoms with Crippen LogP contribution in [0, 0.1) is 13.8 Å². The van der Waals surface area contributed by atoms with Gasteiger partial charge >= 0.3 is 0 Å². The lowest BCUT2D eigenvalue weighted by Crippen LogP contribution is -2.13. The molecule has 0 radical (unpaired) electrons. The first-order chi connectivity index (χ1) is 9.65. The monoisotopic (exact) mass is 271 g/mol. The fourth-order valence-corrected chi connectivity index (χ4v) is 2.52. The van der Waals surface area contributed by atoms with Crippen LogP contribution in [0.25, 0.3) is 11.5 Å². The van der Waals surface area contributed by atoms with Crippen LogP contribution in [0.3, 0.4) is 0 Å². The molecule has 0 atom stereocenters. The third-order valence-electron chi connectivity index (χ3n) is 3.50. The van der Waals surface area contributed by atoms with E-state index in [-0.39, 0.29) is 0 Å². The van der Waals surface area contributed by atoms with Crippen LogP contribution < -0.4 is 11.3 Å². The van der Waals surface area contributed by atoms with Gasteiger partial charge in [0.1, 0.15) is 0 Å². The minimum absolute atomic E-state index is 0.566. The highest BCUT2D eigenvalue weighted by atomic mass is 15.4. The lowest BCUT2D eigenvalue weighted by molar-refractivity contribution is 0.802. The first-order valence-corrected chi connectivity index (χ1v) is 6.51. The van der Waals surface area contributed by atoms with Crippen LogP contribution >= 0.6 is 0 Å². The minimum atomic E-state index is 0.566. The average Bonchev–Trinajstić information content (AvgIpc) is 3.02. The quantitative estimate of drug-likeness (QED) is 0.555. The zero-order valence-electron chi connectivity index (χ0n) is 11.8. The molecule has 3 N–H and O–H groups in total. The summed E-state index contributed by atoms with van der Waals surface area (Å²) in [5.41, 5.74) is 6.66. The Morgan fingerprint density at radius 1 is 1.35 bits per heavy atom. The van der Waals surface area contributed by atoms with E-state index in [1.54, 1.807) is 12.4 Å². The Labute approximate surface area is 116 Å². The van der Waals surface area contributed by atoms with Crippen molar-refractivity contribution in [3.8, 4) is 5.82 Å². The zero-order valence-corrected chi connectivity index (χ0v) is 11.8. The van der Waals surface area contributed by atoms with Crippen LogP contribution in [0.1, 0.15) is 23.9 Å². The molecule has 0 saturated heterocycles. The molecular weight excluding hydrogens is 254 g/mol. The highest BCUT2D eigenvalue weighted by Crippen LogP contribution is 2.21. The maximum Gasteiger partial charge on any atom is 0.199 e. The van der Waals surface area contributed by atoms with Crippen LogP contribution in [0.15, 0.2) is 18.6 Å². The number of rotatable bonds is 3. The molecule has 0 aromatic carbocycles. The van der Waals surface area contributed by atoms with E-state index in [0.717, 1.165) is 23.5 Å². The second-order valence-corrected chi connectivity index (χ2v) is 4.67. The van der Waals surface area contributed by atoms with Crippen LogP contribution in [0.2, 0.25) is 0 Å². The Bertz CT molecular complexity index is 768. The first kappa shape index (κ1) is 12.6. The van der Waals surface area contributed by atoms with Gasteiger partial charge in [0.05, 0.1) is 11.9 Å².